The fourth-order valence-electron chi connectivity index (χ4n) is 4.48. The molecule has 4 heteroatoms. The van der Waals surface area contributed by atoms with Crippen molar-refractivity contribution < 1.29 is 4.79 Å². The molecule has 1 atom stereocenters. The number of Topliss-reactive ketones (excluding diaryl/α,β-unsaturated/α-hetero) is 1. The second-order valence-electron chi connectivity index (χ2n) is 8.49. The van der Waals surface area contributed by atoms with Gasteiger partial charge in [0.1, 0.15) is 11.9 Å². The molecule has 0 fully saturated rings. The van der Waals surface area contributed by atoms with Gasteiger partial charge in [0.25, 0.3) is 0 Å². The molecule has 1 aliphatic carbocycles. The van der Waals surface area contributed by atoms with Gasteiger partial charge in [0.05, 0.1) is 6.20 Å². The summed E-state index contributed by atoms with van der Waals surface area (Å²) >= 11 is 0. The summed E-state index contributed by atoms with van der Waals surface area (Å²) in [6.45, 7) is 4.33. The highest BCUT2D eigenvalue weighted by Crippen LogP contribution is 2.47. The molecular formula is C24H23N3O. The number of hydrogen-bond acceptors (Lipinski definition) is 3. The zero-order chi connectivity index (χ0) is 19.3. The Kier molecular flexibility index (Phi) is 3.76. The Bertz CT molecular complexity index is 1080. The van der Waals surface area contributed by atoms with Crippen molar-refractivity contribution in [2.75, 3.05) is 5.32 Å². The van der Waals surface area contributed by atoms with Gasteiger partial charge in [-0.2, -0.15) is 5.10 Å². The number of anilines is 1. The molecule has 28 heavy (non-hydrogen) atoms. The molecular weight excluding hydrogens is 346 g/mol. The van der Waals surface area contributed by atoms with Crippen LogP contribution in [0.15, 0.2) is 78.1 Å². The molecule has 1 unspecified atom stereocenters. The molecule has 1 aromatic heterocycles. The van der Waals surface area contributed by atoms with Gasteiger partial charge in [0, 0.05) is 23.3 Å². The van der Waals surface area contributed by atoms with Gasteiger partial charge in [-0.25, -0.2) is 4.68 Å². The quantitative estimate of drug-likeness (QED) is 0.675. The van der Waals surface area contributed by atoms with Crippen molar-refractivity contribution in [1.29, 1.82) is 0 Å². The Labute approximate surface area is 164 Å². The first-order valence-electron chi connectivity index (χ1n) is 9.75. The highest BCUT2D eigenvalue weighted by Gasteiger charge is 2.41. The standard InChI is InChI=1S/C24H23N3O/c1-24(2)13-19-21(20(28)14-24)22(17-11-7-4-8-12-17)27-23(26-19)18(15-25-27)16-9-5-3-6-10-16/h3-12,15,22,26H,13-14H2,1-2H3. The average molecular weight is 369 g/mol. The maximum absolute atomic E-state index is 13.2. The molecule has 2 aliphatic rings. The van der Waals surface area contributed by atoms with E-state index in [0.717, 1.165) is 40.2 Å². The minimum atomic E-state index is -0.187. The molecule has 5 rings (SSSR count). The van der Waals surface area contributed by atoms with E-state index in [9.17, 15) is 4.79 Å². The van der Waals surface area contributed by atoms with Crippen LogP contribution in [-0.4, -0.2) is 15.6 Å². The molecule has 2 aromatic carbocycles. The average Bonchev–Trinajstić information content (AvgIpc) is 3.10. The molecule has 3 aromatic rings. The predicted octanol–water partition coefficient (Wildman–Crippen LogP) is 5.21. The lowest BCUT2D eigenvalue weighted by Crippen LogP contribution is -2.36. The number of allylic oxidation sites excluding steroid dienone is 2. The van der Waals surface area contributed by atoms with Crippen LogP contribution in [0.3, 0.4) is 0 Å². The smallest absolute Gasteiger partial charge is 0.163 e. The monoisotopic (exact) mass is 369 g/mol. The van der Waals surface area contributed by atoms with E-state index in [1.807, 2.05) is 47.3 Å². The van der Waals surface area contributed by atoms with Gasteiger partial charge in [-0.1, -0.05) is 74.5 Å². The number of carbonyl (C=O) groups excluding carboxylic acids is 1. The van der Waals surface area contributed by atoms with Crippen molar-refractivity contribution in [3.05, 3.63) is 83.7 Å². The van der Waals surface area contributed by atoms with Crippen LogP contribution in [0.4, 0.5) is 5.82 Å². The molecule has 0 saturated carbocycles. The minimum Gasteiger partial charge on any atom is -0.343 e. The van der Waals surface area contributed by atoms with Crippen molar-refractivity contribution in [3.8, 4) is 11.1 Å². The predicted molar refractivity (Wildman–Crippen MR) is 111 cm³/mol. The zero-order valence-corrected chi connectivity index (χ0v) is 16.1. The Morgan fingerprint density at radius 3 is 2.39 bits per heavy atom. The lowest BCUT2D eigenvalue weighted by atomic mass is 9.73. The number of aromatic nitrogens is 2. The first kappa shape index (κ1) is 17.0. The van der Waals surface area contributed by atoms with E-state index >= 15 is 0 Å². The second kappa shape index (κ2) is 6.20. The van der Waals surface area contributed by atoms with Crippen LogP contribution in [0.5, 0.6) is 0 Å². The van der Waals surface area contributed by atoms with E-state index in [1.54, 1.807) is 0 Å². The lowest BCUT2D eigenvalue weighted by molar-refractivity contribution is -0.118. The van der Waals surface area contributed by atoms with Crippen molar-refractivity contribution in [2.45, 2.75) is 32.7 Å². The van der Waals surface area contributed by atoms with Gasteiger partial charge in [0.15, 0.2) is 5.78 Å². The number of hydrogen-bond donors (Lipinski definition) is 1. The number of benzene rings is 2. The Hall–Kier alpha value is -3.14. The second-order valence-corrected chi connectivity index (χ2v) is 8.49. The van der Waals surface area contributed by atoms with Crippen LogP contribution in [0, 0.1) is 5.41 Å². The Morgan fingerprint density at radius 1 is 1.00 bits per heavy atom. The molecule has 1 N–H and O–H groups in total. The Balaban J connectivity index is 1.72. The van der Waals surface area contributed by atoms with Crippen LogP contribution in [0.1, 0.15) is 38.3 Å². The van der Waals surface area contributed by atoms with Gasteiger partial charge in [-0.15, -0.1) is 0 Å². The maximum atomic E-state index is 13.2. The van der Waals surface area contributed by atoms with Crippen LogP contribution < -0.4 is 5.32 Å². The topological polar surface area (TPSA) is 46.9 Å². The summed E-state index contributed by atoms with van der Waals surface area (Å²) in [5.41, 5.74) is 5.13. The highest BCUT2D eigenvalue weighted by atomic mass is 16.1. The third-order valence-electron chi connectivity index (χ3n) is 5.70. The van der Waals surface area contributed by atoms with Gasteiger partial charge in [-0.3, -0.25) is 4.79 Å². The van der Waals surface area contributed by atoms with Crippen LogP contribution >= 0.6 is 0 Å². The van der Waals surface area contributed by atoms with Crippen molar-refractivity contribution in [2.24, 2.45) is 5.41 Å². The zero-order valence-electron chi connectivity index (χ0n) is 16.1. The number of ketones is 1. The lowest BCUT2D eigenvalue weighted by Gasteiger charge is -2.39. The number of rotatable bonds is 2. The summed E-state index contributed by atoms with van der Waals surface area (Å²) in [5, 5.41) is 8.31. The van der Waals surface area contributed by atoms with E-state index in [0.29, 0.717) is 6.42 Å². The largest absolute Gasteiger partial charge is 0.343 e. The van der Waals surface area contributed by atoms with E-state index < -0.39 is 0 Å². The first-order valence-corrected chi connectivity index (χ1v) is 9.75. The number of nitrogens with zero attached hydrogens (tertiary/aromatic N) is 2. The molecule has 0 spiro atoms. The molecule has 140 valence electrons. The molecule has 0 amide bonds. The van der Waals surface area contributed by atoms with Crippen molar-refractivity contribution in [3.63, 3.8) is 0 Å². The van der Waals surface area contributed by atoms with Crippen LogP contribution in [-0.2, 0) is 4.79 Å². The first-order chi connectivity index (χ1) is 13.5. The fourth-order valence-corrected chi connectivity index (χ4v) is 4.48. The SMILES string of the molecule is CC1(C)CC(=O)C2=C(C1)Nc1c(-c3ccccc3)cnn1C2c1ccccc1. The summed E-state index contributed by atoms with van der Waals surface area (Å²) in [6, 6.07) is 20.3. The minimum absolute atomic E-state index is 0.0424. The van der Waals surface area contributed by atoms with E-state index in [2.05, 4.69) is 43.4 Å². The summed E-state index contributed by atoms with van der Waals surface area (Å²) in [4.78, 5) is 13.2. The summed E-state index contributed by atoms with van der Waals surface area (Å²) in [5.74, 6) is 1.18. The third kappa shape index (κ3) is 2.68. The Morgan fingerprint density at radius 2 is 1.68 bits per heavy atom. The van der Waals surface area contributed by atoms with E-state index in [1.165, 1.54) is 0 Å². The molecule has 1 aliphatic heterocycles. The third-order valence-corrected chi connectivity index (χ3v) is 5.70. The van der Waals surface area contributed by atoms with E-state index in [-0.39, 0.29) is 17.2 Å². The van der Waals surface area contributed by atoms with Gasteiger partial charge >= 0.3 is 0 Å². The number of fused-ring (bicyclic) bond motifs is 1. The van der Waals surface area contributed by atoms with Crippen LogP contribution in [0.2, 0.25) is 0 Å². The van der Waals surface area contributed by atoms with Crippen molar-refractivity contribution in [1.82, 2.24) is 9.78 Å². The molecule has 4 nitrogen and oxygen atoms in total. The fraction of sp³-hybridized carbons (Fsp3) is 0.250. The molecule has 2 heterocycles. The van der Waals surface area contributed by atoms with Crippen molar-refractivity contribution >= 4 is 11.6 Å². The highest BCUT2D eigenvalue weighted by molar-refractivity contribution is 6.00. The maximum Gasteiger partial charge on any atom is 0.163 e. The summed E-state index contributed by atoms with van der Waals surface area (Å²) < 4.78 is 1.98. The molecule has 0 bridgehead atoms. The van der Waals surface area contributed by atoms with E-state index in [4.69, 9.17) is 5.10 Å². The molecule has 0 radical (unpaired) electrons. The molecule has 0 saturated heterocycles. The number of carbonyl (C=O) groups is 1. The van der Waals surface area contributed by atoms with Gasteiger partial charge in [-0.05, 0) is 23.0 Å². The summed E-state index contributed by atoms with van der Waals surface area (Å²) in [7, 11) is 0. The van der Waals surface area contributed by atoms with Crippen LogP contribution in [0.25, 0.3) is 11.1 Å². The summed E-state index contributed by atoms with van der Waals surface area (Å²) in [6.07, 6.45) is 3.33. The van der Waals surface area contributed by atoms with Gasteiger partial charge < -0.3 is 5.32 Å². The normalized spacial score (nSPS) is 20.4. The number of nitrogens with one attached hydrogen (secondary N) is 1. The van der Waals surface area contributed by atoms with Gasteiger partial charge in [0.2, 0.25) is 0 Å².